The third kappa shape index (κ3) is 2.96. The van der Waals surface area contributed by atoms with Crippen molar-refractivity contribution in [1.82, 2.24) is 14.7 Å². The summed E-state index contributed by atoms with van der Waals surface area (Å²) in [5.74, 6) is 0. The number of halogens is 1. The van der Waals surface area contributed by atoms with Crippen LogP contribution >= 0.6 is 22.9 Å². The van der Waals surface area contributed by atoms with E-state index in [-0.39, 0.29) is 16.5 Å². The van der Waals surface area contributed by atoms with Crippen LogP contribution in [0.15, 0.2) is 32.8 Å². The van der Waals surface area contributed by atoms with Crippen LogP contribution < -0.4 is 10.3 Å². The highest BCUT2D eigenvalue weighted by molar-refractivity contribution is 7.89. The van der Waals surface area contributed by atoms with Crippen LogP contribution in [0.4, 0.5) is 0 Å². The van der Waals surface area contributed by atoms with Crippen molar-refractivity contribution < 1.29 is 8.42 Å². The predicted molar refractivity (Wildman–Crippen MR) is 68.2 cm³/mol. The van der Waals surface area contributed by atoms with Crippen LogP contribution in [-0.4, -0.2) is 18.4 Å². The normalized spacial score (nSPS) is 11.6. The van der Waals surface area contributed by atoms with Crippen LogP contribution in [0.25, 0.3) is 0 Å². The summed E-state index contributed by atoms with van der Waals surface area (Å²) in [6.07, 6.45) is 1.09. The maximum absolute atomic E-state index is 11.9. The monoisotopic (exact) mass is 305 g/mol. The van der Waals surface area contributed by atoms with Gasteiger partial charge in [-0.15, -0.1) is 11.3 Å². The first-order valence-electron chi connectivity index (χ1n) is 4.74. The number of hydrogen-bond donors (Lipinski definition) is 2. The molecule has 0 saturated carbocycles. The molecule has 0 saturated heterocycles. The summed E-state index contributed by atoms with van der Waals surface area (Å²) in [5.41, 5.74) is 1.70. The number of aromatic amines is 1. The molecule has 0 spiro atoms. The van der Waals surface area contributed by atoms with Gasteiger partial charge in [0.05, 0.1) is 22.6 Å². The number of aromatic nitrogens is 2. The molecule has 2 heterocycles. The number of H-pyrrole nitrogens is 1. The first-order chi connectivity index (χ1) is 8.49. The zero-order valence-corrected chi connectivity index (χ0v) is 11.3. The van der Waals surface area contributed by atoms with E-state index in [2.05, 4.69) is 14.7 Å². The third-order valence-corrected chi connectivity index (χ3v) is 4.37. The SMILES string of the molecule is O=c1[nH]cc(S(=O)(=O)NCc2cscn2)cc1Cl. The highest BCUT2D eigenvalue weighted by Crippen LogP contribution is 2.11. The highest BCUT2D eigenvalue weighted by Gasteiger charge is 2.15. The molecular weight excluding hydrogens is 298 g/mol. The summed E-state index contributed by atoms with van der Waals surface area (Å²) in [4.78, 5) is 17.1. The van der Waals surface area contributed by atoms with E-state index in [9.17, 15) is 13.2 Å². The van der Waals surface area contributed by atoms with Gasteiger partial charge in [-0.2, -0.15) is 0 Å². The Hall–Kier alpha value is -1.22. The Balaban J connectivity index is 2.20. The fraction of sp³-hybridized carbons (Fsp3) is 0.111. The first kappa shape index (κ1) is 13.2. The van der Waals surface area contributed by atoms with Crippen molar-refractivity contribution in [2.24, 2.45) is 0 Å². The lowest BCUT2D eigenvalue weighted by Gasteiger charge is -2.05. The van der Waals surface area contributed by atoms with E-state index in [1.54, 1.807) is 10.9 Å². The highest BCUT2D eigenvalue weighted by atomic mass is 35.5. The maximum atomic E-state index is 11.9. The number of nitrogens with one attached hydrogen (secondary N) is 2. The van der Waals surface area contributed by atoms with E-state index in [0.717, 1.165) is 12.3 Å². The molecule has 0 unspecified atom stereocenters. The maximum Gasteiger partial charge on any atom is 0.266 e. The van der Waals surface area contributed by atoms with Gasteiger partial charge in [0.15, 0.2) is 0 Å². The minimum atomic E-state index is -3.72. The number of sulfonamides is 1. The van der Waals surface area contributed by atoms with Crippen molar-refractivity contribution in [3.63, 3.8) is 0 Å². The van der Waals surface area contributed by atoms with Gasteiger partial charge in [0, 0.05) is 11.6 Å². The molecule has 6 nitrogen and oxygen atoms in total. The number of thiazole rings is 1. The summed E-state index contributed by atoms with van der Waals surface area (Å²) >= 11 is 6.95. The Morgan fingerprint density at radius 2 is 2.28 bits per heavy atom. The Morgan fingerprint density at radius 3 is 2.89 bits per heavy atom. The summed E-state index contributed by atoms with van der Waals surface area (Å²) in [6, 6.07) is 1.10. The second-order valence-corrected chi connectivity index (χ2v) is 6.21. The van der Waals surface area contributed by atoms with Gasteiger partial charge < -0.3 is 4.98 Å². The Morgan fingerprint density at radius 1 is 1.50 bits per heavy atom. The van der Waals surface area contributed by atoms with Gasteiger partial charge in [-0.3, -0.25) is 4.79 Å². The van der Waals surface area contributed by atoms with Gasteiger partial charge in [-0.25, -0.2) is 18.1 Å². The number of pyridine rings is 1. The van der Waals surface area contributed by atoms with E-state index in [0.29, 0.717) is 5.69 Å². The summed E-state index contributed by atoms with van der Waals surface area (Å²) in [7, 11) is -3.72. The first-order valence-corrected chi connectivity index (χ1v) is 7.54. The van der Waals surface area contributed by atoms with E-state index in [4.69, 9.17) is 11.6 Å². The van der Waals surface area contributed by atoms with E-state index in [1.807, 2.05) is 0 Å². The lowest BCUT2D eigenvalue weighted by Crippen LogP contribution is -2.24. The second-order valence-electron chi connectivity index (χ2n) is 3.32. The molecule has 0 amide bonds. The number of hydrogen-bond acceptors (Lipinski definition) is 5. The Labute approximate surface area is 112 Å². The molecule has 0 aliphatic carbocycles. The molecule has 0 radical (unpaired) electrons. The molecule has 0 bridgehead atoms. The predicted octanol–water partition coefficient (Wildman–Crippen LogP) is 0.963. The molecule has 0 fully saturated rings. The number of rotatable bonds is 4. The van der Waals surface area contributed by atoms with Crippen molar-refractivity contribution >= 4 is 33.0 Å². The zero-order chi connectivity index (χ0) is 13.2. The standard InChI is InChI=1S/C9H8ClN3O3S2/c10-8-1-7(3-11-9(8)14)18(15,16)13-2-6-4-17-5-12-6/h1,3-5,13H,2H2,(H,11,14). The van der Waals surface area contributed by atoms with Crippen LogP contribution in [0.2, 0.25) is 5.02 Å². The Bertz CT molecular complexity index is 694. The van der Waals surface area contributed by atoms with Gasteiger partial charge in [0.25, 0.3) is 5.56 Å². The van der Waals surface area contributed by atoms with Crippen LogP contribution in [0, 0.1) is 0 Å². The lowest BCUT2D eigenvalue weighted by molar-refractivity contribution is 0.580. The van der Waals surface area contributed by atoms with Gasteiger partial charge >= 0.3 is 0 Å². The molecule has 0 aromatic carbocycles. The Kier molecular flexibility index (Phi) is 3.81. The molecular formula is C9H8ClN3O3S2. The average molecular weight is 306 g/mol. The number of nitrogens with zero attached hydrogens (tertiary/aromatic N) is 1. The minimum absolute atomic E-state index is 0.0859. The van der Waals surface area contributed by atoms with E-state index < -0.39 is 15.6 Å². The van der Waals surface area contributed by atoms with Crippen molar-refractivity contribution in [3.05, 3.63) is 44.2 Å². The molecule has 2 rings (SSSR count). The molecule has 9 heteroatoms. The van der Waals surface area contributed by atoms with Crippen molar-refractivity contribution in [1.29, 1.82) is 0 Å². The quantitative estimate of drug-likeness (QED) is 0.880. The van der Waals surface area contributed by atoms with Gasteiger partial charge in [0.1, 0.15) is 5.02 Å². The molecule has 18 heavy (non-hydrogen) atoms. The van der Waals surface area contributed by atoms with Crippen LogP contribution in [0.3, 0.4) is 0 Å². The van der Waals surface area contributed by atoms with Crippen molar-refractivity contribution in [3.8, 4) is 0 Å². The average Bonchev–Trinajstić information content (AvgIpc) is 2.83. The lowest BCUT2D eigenvalue weighted by atomic mass is 10.5. The molecule has 0 aliphatic rings. The minimum Gasteiger partial charge on any atom is -0.326 e. The van der Waals surface area contributed by atoms with Crippen molar-refractivity contribution in [2.75, 3.05) is 0 Å². The van der Waals surface area contributed by atoms with Crippen LogP contribution in [-0.2, 0) is 16.6 Å². The van der Waals surface area contributed by atoms with E-state index >= 15 is 0 Å². The largest absolute Gasteiger partial charge is 0.326 e. The summed E-state index contributed by atoms with van der Waals surface area (Å²) in [6.45, 7) is 0.0859. The molecule has 96 valence electrons. The second kappa shape index (κ2) is 5.19. The van der Waals surface area contributed by atoms with Gasteiger partial charge in [-0.1, -0.05) is 11.6 Å². The van der Waals surface area contributed by atoms with E-state index in [1.165, 1.54) is 11.3 Å². The smallest absolute Gasteiger partial charge is 0.266 e. The third-order valence-electron chi connectivity index (χ3n) is 2.07. The molecule has 0 atom stereocenters. The zero-order valence-electron chi connectivity index (χ0n) is 8.88. The summed E-state index contributed by atoms with van der Waals surface area (Å²) < 4.78 is 26.1. The molecule has 0 aliphatic heterocycles. The fourth-order valence-electron chi connectivity index (χ4n) is 1.17. The van der Waals surface area contributed by atoms with Gasteiger partial charge in [-0.05, 0) is 6.07 Å². The topological polar surface area (TPSA) is 91.9 Å². The molecule has 2 aromatic rings. The molecule has 2 aromatic heterocycles. The fourth-order valence-corrected chi connectivity index (χ4v) is 2.96. The van der Waals surface area contributed by atoms with Gasteiger partial charge in [0.2, 0.25) is 10.0 Å². The van der Waals surface area contributed by atoms with Crippen LogP contribution in [0.1, 0.15) is 5.69 Å². The molecule has 2 N–H and O–H groups in total. The van der Waals surface area contributed by atoms with Crippen LogP contribution in [0.5, 0.6) is 0 Å². The van der Waals surface area contributed by atoms with Crippen molar-refractivity contribution in [2.45, 2.75) is 11.4 Å². The summed E-state index contributed by atoms with van der Waals surface area (Å²) in [5, 5.41) is 1.56.